The molecule has 0 saturated carbocycles. The molecule has 1 saturated heterocycles. The van der Waals surface area contributed by atoms with Crippen LogP contribution in [0.25, 0.3) is 0 Å². The monoisotopic (exact) mass is 269 g/mol. The van der Waals surface area contributed by atoms with Gasteiger partial charge < -0.3 is 5.32 Å². The third kappa shape index (κ3) is 3.09. The van der Waals surface area contributed by atoms with Crippen molar-refractivity contribution in [2.45, 2.75) is 26.2 Å². The zero-order chi connectivity index (χ0) is 13.1. The molecule has 1 aromatic carbocycles. The molecule has 2 nitrogen and oxygen atoms in total. The number of halogens is 2. The van der Waals surface area contributed by atoms with E-state index >= 15 is 0 Å². The van der Waals surface area contributed by atoms with E-state index < -0.39 is 0 Å². The number of aryl methyl sites for hydroxylation is 1. The van der Waals surface area contributed by atoms with Gasteiger partial charge in [-0.15, -0.1) is 0 Å². The van der Waals surface area contributed by atoms with Crippen molar-refractivity contribution in [1.82, 2.24) is 5.32 Å². The fourth-order valence-electron chi connectivity index (χ4n) is 2.33. The first kappa shape index (κ1) is 13.5. The van der Waals surface area contributed by atoms with Gasteiger partial charge in [0.05, 0.1) is 5.02 Å². The van der Waals surface area contributed by atoms with Gasteiger partial charge in [-0.1, -0.05) is 11.6 Å². The number of piperidine rings is 1. The minimum absolute atomic E-state index is 0.0624. The summed E-state index contributed by atoms with van der Waals surface area (Å²) in [5, 5.41) is 3.62. The maximum Gasteiger partial charge on any atom is 0.164 e. The molecule has 0 aliphatic carbocycles. The zero-order valence-corrected chi connectivity index (χ0v) is 11.2. The summed E-state index contributed by atoms with van der Waals surface area (Å²) in [5.74, 6) is -0.0937. The smallest absolute Gasteiger partial charge is 0.164 e. The Morgan fingerprint density at radius 3 is 3.00 bits per heavy atom. The van der Waals surface area contributed by atoms with E-state index in [9.17, 15) is 9.18 Å². The fourth-order valence-corrected chi connectivity index (χ4v) is 2.65. The van der Waals surface area contributed by atoms with Gasteiger partial charge in [0, 0.05) is 12.0 Å². The van der Waals surface area contributed by atoms with E-state index in [0.29, 0.717) is 28.5 Å². The molecule has 1 fully saturated rings. The van der Waals surface area contributed by atoms with E-state index in [-0.39, 0.29) is 11.6 Å². The number of Topliss-reactive ketones (excluding diaryl/α,β-unsaturated/α-hetero) is 1. The number of rotatable bonds is 3. The van der Waals surface area contributed by atoms with Crippen molar-refractivity contribution >= 4 is 17.4 Å². The molecule has 18 heavy (non-hydrogen) atoms. The number of carbonyl (C=O) groups is 1. The second-order valence-electron chi connectivity index (χ2n) is 4.92. The predicted molar refractivity (Wildman–Crippen MR) is 70.7 cm³/mol. The SMILES string of the molecule is Cc1cc(Cl)c(C(=O)CC2CCCNC2)cc1F. The normalized spacial score (nSPS) is 19.8. The number of benzene rings is 1. The van der Waals surface area contributed by atoms with Crippen molar-refractivity contribution in [3.05, 3.63) is 34.1 Å². The molecular formula is C14H17ClFNO. The molecule has 1 aliphatic rings. The van der Waals surface area contributed by atoms with Crippen molar-refractivity contribution in [3.63, 3.8) is 0 Å². The molecule has 4 heteroatoms. The van der Waals surface area contributed by atoms with Gasteiger partial charge in [0.2, 0.25) is 0 Å². The highest BCUT2D eigenvalue weighted by Crippen LogP contribution is 2.24. The van der Waals surface area contributed by atoms with Gasteiger partial charge in [-0.25, -0.2) is 4.39 Å². The molecule has 1 unspecified atom stereocenters. The van der Waals surface area contributed by atoms with Crippen LogP contribution in [0, 0.1) is 18.7 Å². The summed E-state index contributed by atoms with van der Waals surface area (Å²) in [4.78, 5) is 12.1. The molecule has 98 valence electrons. The van der Waals surface area contributed by atoms with Gasteiger partial charge in [0.15, 0.2) is 5.78 Å². The number of nitrogens with one attached hydrogen (secondary N) is 1. The molecule has 0 aromatic heterocycles. The van der Waals surface area contributed by atoms with Crippen LogP contribution in [-0.4, -0.2) is 18.9 Å². The Labute approximate surface area is 112 Å². The van der Waals surface area contributed by atoms with E-state index in [0.717, 1.165) is 25.9 Å². The lowest BCUT2D eigenvalue weighted by Crippen LogP contribution is -2.31. The lowest BCUT2D eigenvalue weighted by atomic mass is 9.91. The van der Waals surface area contributed by atoms with Gasteiger partial charge in [0.25, 0.3) is 0 Å². The lowest BCUT2D eigenvalue weighted by molar-refractivity contribution is 0.0953. The molecule has 2 rings (SSSR count). The van der Waals surface area contributed by atoms with Gasteiger partial charge in [-0.2, -0.15) is 0 Å². The number of carbonyl (C=O) groups excluding carboxylic acids is 1. The molecule has 1 aliphatic heterocycles. The van der Waals surface area contributed by atoms with Crippen LogP contribution >= 0.6 is 11.6 Å². The molecule has 1 heterocycles. The Balaban J connectivity index is 2.10. The third-order valence-electron chi connectivity index (χ3n) is 3.42. The number of hydrogen-bond donors (Lipinski definition) is 1. The van der Waals surface area contributed by atoms with Crippen molar-refractivity contribution in [2.75, 3.05) is 13.1 Å². The van der Waals surface area contributed by atoms with Crippen LogP contribution in [0.5, 0.6) is 0 Å². The molecular weight excluding hydrogens is 253 g/mol. The van der Waals surface area contributed by atoms with E-state index in [1.165, 1.54) is 12.1 Å². The first-order valence-corrected chi connectivity index (χ1v) is 6.65. The predicted octanol–water partition coefficient (Wildman–Crippen LogP) is 3.36. The van der Waals surface area contributed by atoms with Gasteiger partial charge in [-0.3, -0.25) is 4.79 Å². The van der Waals surface area contributed by atoms with E-state index in [1.54, 1.807) is 6.92 Å². The standard InChI is InChI=1S/C14H17ClFNO/c1-9-5-12(15)11(7-13(9)16)14(18)6-10-3-2-4-17-8-10/h5,7,10,17H,2-4,6,8H2,1H3. The Morgan fingerprint density at radius 1 is 1.56 bits per heavy atom. The number of ketones is 1. The summed E-state index contributed by atoms with van der Waals surface area (Å²) in [6.07, 6.45) is 2.58. The van der Waals surface area contributed by atoms with E-state index in [2.05, 4.69) is 5.32 Å². The summed E-state index contributed by atoms with van der Waals surface area (Å²) >= 11 is 6.01. The average molecular weight is 270 g/mol. The van der Waals surface area contributed by atoms with Crippen molar-refractivity contribution in [3.8, 4) is 0 Å². The number of hydrogen-bond acceptors (Lipinski definition) is 2. The molecule has 1 N–H and O–H groups in total. The van der Waals surface area contributed by atoms with E-state index in [4.69, 9.17) is 11.6 Å². The molecule has 0 spiro atoms. The average Bonchev–Trinajstić information content (AvgIpc) is 2.35. The Kier molecular flexibility index (Phi) is 4.36. The van der Waals surface area contributed by atoms with Crippen molar-refractivity contribution in [1.29, 1.82) is 0 Å². The second-order valence-corrected chi connectivity index (χ2v) is 5.33. The highest BCUT2D eigenvalue weighted by Gasteiger charge is 2.20. The van der Waals surface area contributed by atoms with Gasteiger partial charge in [0.1, 0.15) is 5.82 Å². The van der Waals surface area contributed by atoms with Gasteiger partial charge >= 0.3 is 0 Å². The Hall–Kier alpha value is -0.930. The molecule has 1 atom stereocenters. The third-order valence-corrected chi connectivity index (χ3v) is 3.73. The van der Waals surface area contributed by atoms with Gasteiger partial charge in [-0.05, 0) is 56.5 Å². The minimum atomic E-state index is -0.371. The summed E-state index contributed by atoms with van der Waals surface area (Å²) in [7, 11) is 0. The van der Waals surface area contributed by atoms with Crippen LogP contribution in [0.1, 0.15) is 35.2 Å². The van der Waals surface area contributed by atoms with Crippen LogP contribution in [0.15, 0.2) is 12.1 Å². The minimum Gasteiger partial charge on any atom is -0.316 e. The van der Waals surface area contributed by atoms with Crippen LogP contribution in [0.4, 0.5) is 4.39 Å². The highest BCUT2D eigenvalue weighted by molar-refractivity contribution is 6.34. The zero-order valence-electron chi connectivity index (χ0n) is 10.4. The molecule has 0 amide bonds. The molecule has 0 radical (unpaired) electrons. The topological polar surface area (TPSA) is 29.1 Å². The van der Waals surface area contributed by atoms with Crippen LogP contribution in [0.3, 0.4) is 0 Å². The first-order valence-electron chi connectivity index (χ1n) is 6.27. The van der Waals surface area contributed by atoms with E-state index in [1.807, 2.05) is 0 Å². The maximum absolute atomic E-state index is 13.5. The Bertz CT molecular complexity index is 455. The summed E-state index contributed by atoms with van der Waals surface area (Å²) < 4.78 is 13.5. The fraction of sp³-hybridized carbons (Fsp3) is 0.500. The molecule has 1 aromatic rings. The summed E-state index contributed by atoms with van der Waals surface area (Å²) in [5.41, 5.74) is 0.779. The van der Waals surface area contributed by atoms with Crippen LogP contribution in [0.2, 0.25) is 5.02 Å². The van der Waals surface area contributed by atoms with Crippen molar-refractivity contribution < 1.29 is 9.18 Å². The highest BCUT2D eigenvalue weighted by atomic mass is 35.5. The summed E-state index contributed by atoms with van der Waals surface area (Å²) in [6, 6.07) is 2.78. The molecule has 0 bridgehead atoms. The lowest BCUT2D eigenvalue weighted by Gasteiger charge is -2.22. The van der Waals surface area contributed by atoms with Crippen LogP contribution < -0.4 is 5.32 Å². The maximum atomic E-state index is 13.5. The second kappa shape index (κ2) is 5.81. The quantitative estimate of drug-likeness (QED) is 0.853. The van der Waals surface area contributed by atoms with Crippen LogP contribution in [-0.2, 0) is 0 Å². The van der Waals surface area contributed by atoms with Crippen molar-refractivity contribution in [2.24, 2.45) is 5.92 Å². The summed E-state index contributed by atoms with van der Waals surface area (Å²) in [6.45, 7) is 3.52. The first-order chi connectivity index (χ1) is 8.58. The largest absolute Gasteiger partial charge is 0.316 e. The Morgan fingerprint density at radius 2 is 2.33 bits per heavy atom.